The van der Waals surface area contributed by atoms with E-state index in [0.717, 1.165) is 23.7 Å². The molecule has 4 rings (SSSR count). The van der Waals surface area contributed by atoms with E-state index >= 15 is 0 Å². The van der Waals surface area contributed by atoms with Gasteiger partial charge in [-0.1, -0.05) is 78.3 Å². The van der Waals surface area contributed by atoms with Crippen LogP contribution in [0.25, 0.3) is 0 Å². The molecule has 0 bridgehead atoms. The average Bonchev–Trinajstić information content (AvgIpc) is 3.41. The molecule has 1 aromatic carbocycles. The number of amides is 2. The summed E-state index contributed by atoms with van der Waals surface area (Å²) < 4.78 is 0. The van der Waals surface area contributed by atoms with Crippen LogP contribution in [0.15, 0.2) is 29.4 Å². The lowest BCUT2D eigenvalue weighted by molar-refractivity contribution is -0.134. The van der Waals surface area contributed by atoms with E-state index in [2.05, 4.69) is 27.1 Å². The number of carbonyl (C=O) groups is 2. The second-order valence-electron chi connectivity index (χ2n) is 10.0. The van der Waals surface area contributed by atoms with Crippen molar-refractivity contribution in [2.24, 2.45) is 5.92 Å². The minimum atomic E-state index is -0.122. The molecule has 2 aliphatic rings. The standard InChI is InChI=1S/C27H34Cl3N5O2S/c1-18-16-34(12-13-35(18)26(37)9-6-19-4-2-3-5-19)24-15-23(30)32-27(33-24)38-17-25(36)31-11-10-20-7-8-21(28)14-22(20)29/h7-8,14-15,18-19H,2-6,9-13,16-17H2,1H3,(H,31,36). The second-order valence-corrected chi connectivity index (χ2v) is 12.2. The molecule has 1 unspecified atom stereocenters. The molecule has 11 heteroatoms. The number of carbonyl (C=O) groups excluding carboxylic acids is 2. The topological polar surface area (TPSA) is 78.4 Å². The Kier molecular flexibility index (Phi) is 10.8. The Morgan fingerprint density at radius 1 is 1.11 bits per heavy atom. The van der Waals surface area contributed by atoms with Crippen molar-refractivity contribution in [2.45, 2.75) is 63.1 Å². The third-order valence-corrected chi connectivity index (χ3v) is 8.87. The number of rotatable bonds is 10. The first-order valence-electron chi connectivity index (χ1n) is 13.2. The summed E-state index contributed by atoms with van der Waals surface area (Å²) in [5, 5.41) is 4.85. The summed E-state index contributed by atoms with van der Waals surface area (Å²) in [6.45, 7) is 4.57. The van der Waals surface area contributed by atoms with Gasteiger partial charge in [0.2, 0.25) is 11.8 Å². The second kappa shape index (κ2) is 14.1. The van der Waals surface area contributed by atoms with Crippen LogP contribution < -0.4 is 10.2 Å². The fourth-order valence-corrected chi connectivity index (χ4v) is 6.57. The highest BCUT2D eigenvalue weighted by Gasteiger charge is 2.29. The molecule has 1 saturated carbocycles. The van der Waals surface area contributed by atoms with Crippen LogP contribution in [0, 0.1) is 5.92 Å². The highest BCUT2D eigenvalue weighted by Crippen LogP contribution is 2.29. The predicted octanol–water partition coefficient (Wildman–Crippen LogP) is 5.90. The minimum Gasteiger partial charge on any atom is -0.355 e. The third-order valence-electron chi connectivity index (χ3n) is 7.24. The van der Waals surface area contributed by atoms with E-state index < -0.39 is 0 Å². The summed E-state index contributed by atoms with van der Waals surface area (Å²) >= 11 is 19.7. The fraction of sp³-hybridized carbons (Fsp3) is 0.556. The molecule has 2 fully saturated rings. The molecule has 1 N–H and O–H groups in total. The van der Waals surface area contributed by atoms with Gasteiger partial charge in [0.25, 0.3) is 0 Å². The van der Waals surface area contributed by atoms with Gasteiger partial charge in [0.1, 0.15) is 11.0 Å². The van der Waals surface area contributed by atoms with Crippen LogP contribution in [0.4, 0.5) is 5.82 Å². The largest absolute Gasteiger partial charge is 0.355 e. The first kappa shape index (κ1) is 29.2. The average molecular weight is 599 g/mol. The lowest BCUT2D eigenvalue weighted by Gasteiger charge is -2.40. The van der Waals surface area contributed by atoms with Crippen LogP contribution in [-0.4, -0.2) is 64.7 Å². The third kappa shape index (κ3) is 8.38. The van der Waals surface area contributed by atoms with Crippen molar-refractivity contribution in [3.05, 3.63) is 45.0 Å². The lowest BCUT2D eigenvalue weighted by Crippen LogP contribution is -2.54. The summed E-state index contributed by atoms with van der Waals surface area (Å²) in [6.07, 6.45) is 7.41. The van der Waals surface area contributed by atoms with E-state index in [4.69, 9.17) is 34.8 Å². The number of piperazine rings is 1. The van der Waals surface area contributed by atoms with Crippen molar-refractivity contribution in [2.75, 3.05) is 36.8 Å². The number of nitrogens with one attached hydrogen (secondary N) is 1. The smallest absolute Gasteiger partial charge is 0.230 e. The number of thioether (sulfide) groups is 1. The van der Waals surface area contributed by atoms with E-state index in [0.29, 0.717) is 59.4 Å². The van der Waals surface area contributed by atoms with Gasteiger partial charge >= 0.3 is 0 Å². The zero-order valence-electron chi connectivity index (χ0n) is 21.6. The molecule has 206 valence electrons. The summed E-state index contributed by atoms with van der Waals surface area (Å²) in [5.41, 5.74) is 0.927. The van der Waals surface area contributed by atoms with Crippen molar-refractivity contribution >= 4 is 64.2 Å². The summed E-state index contributed by atoms with van der Waals surface area (Å²) in [7, 11) is 0. The van der Waals surface area contributed by atoms with Crippen LogP contribution in [-0.2, 0) is 16.0 Å². The van der Waals surface area contributed by atoms with E-state index in [-0.39, 0.29) is 23.6 Å². The first-order valence-corrected chi connectivity index (χ1v) is 15.3. The lowest BCUT2D eigenvalue weighted by atomic mass is 10.0. The molecule has 2 heterocycles. The van der Waals surface area contributed by atoms with Crippen molar-refractivity contribution in [1.29, 1.82) is 0 Å². The van der Waals surface area contributed by atoms with Gasteiger partial charge in [0.05, 0.1) is 5.75 Å². The minimum absolute atomic E-state index is 0.0876. The number of nitrogens with zero attached hydrogens (tertiary/aromatic N) is 4. The van der Waals surface area contributed by atoms with E-state index in [9.17, 15) is 9.59 Å². The summed E-state index contributed by atoms with van der Waals surface area (Å²) in [4.78, 5) is 38.3. The molecule has 1 aromatic heterocycles. The van der Waals surface area contributed by atoms with Crippen LogP contribution >= 0.6 is 46.6 Å². The van der Waals surface area contributed by atoms with E-state index in [1.54, 1.807) is 18.2 Å². The molecule has 0 radical (unpaired) electrons. The molecular formula is C27H34Cl3N5O2S. The molecule has 1 aliphatic heterocycles. The normalized spacial score (nSPS) is 18.2. The zero-order chi connectivity index (χ0) is 27.1. The van der Waals surface area contributed by atoms with Gasteiger partial charge in [-0.2, -0.15) is 0 Å². The zero-order valence-corrected chi connectivity index (χ0v) is 24.7. The maximum Gasteiger partial charge on any atom is 0.230 e. The van der Waals surface area contributed by atoms with Crippen LogP contribution in [0.3, 0.4) is 0 Å². The Balaban J connectivity index is 1.24. The number of benzene rings is 1. The highest BCUT2D eigenvalue weighted by molar-refractivity contribution is 7.99. The quantitative estimate of drug-likeness (QED) is 0.209. The molecule has 2 aromatic rings. The van der Waals surface area contributed by atoms with Crippen molar-refractivity contribution < 1.29 is 9.59 Å². The number of anilines is 1. The van der Waals surface area contributed by atoms with Crippen molar-refractivity contribution in [3.8, 4) is 0 Å². The van der Waals surface area contributed by atoms with Crippen LogP contribution in [0.2, 0.25) is 15.2 Å². The Morgan fingerprint density at radius 3 is 2.63 bits per heavy atom. The van der Waals surface area contributed by atoms with Gasteiger partial charge in [-0.25, -0.2) is 9.97 Å². The van der Waals surface area contributed by atoms with E-state index in [1.165, 1.54) is 37.4 Å². The predicted molar refractivity (Wildman–Crippen MR) is 156 cm³/mol. The van der Waals surface area contributed by atoms with Gasteiger partial charge in [-0.05, 0) is 43.4 Å². The molecule has 1 atom stereocenters. The highest BCUT2D eigenvalue weighted by atomic mass is 35.5. The maximum absolute atomic E-state index is 12.9. The SMILES string of the molecule is CC1CN(c2cc(Cl)nc(SCC(=O)NCCc3ccc(Cl)cc3Cl)n2)CCN1C(=O)CCC1CCCC1. The molecule has 0 spiro atoms. The van der Waals surface area contributed by atoms with Gasteiger partial charge in [0, 0.05) is 54.8 Å². The number of hydrogen-bond donors (Lipinski definition) is 1. The van der Waals surface area contributed by atoms with Crippen LogP contribution in [0.1, 0.15) is 51.0 Å². The first-order chi connectivity index (χ1) is 18.3. The van der Waals surface area contributed by atoms with Gasteiger partial charge in [0.15, 0.2) is 5.16 Å². The molecule has 7 nitrogen and oxygen atoms in total. The summed E-state index contributed by atoms with van der Waals surface area (Å²) in [5.74, 6) is 1.75. The molecule has 1 saturated heterocycles. The molecule has 2 amide bonds. The van der Waals surface area contributed by atoms with Crippen LogP contribution in [0.5, 0.6) is 0 Å². The Bertz CT molecular complexity index is 1130. The van der Waals surface area contributed by atoms with Gasteiger partial charge < -0.3 is 15.1 Å². The van der Waals surface area contributed by atoms with Gasteiger partial charge in [-0.15, -0.1) is 0 Å². The van der Waals surface area contributed by atoms with Crippen molar-refractivity contribution in [1.82, 2.24) is 20.2 Å². The fourth-order valence-electron chi connectivity index (χ4n) is 5.16. The summed E-state index contributed by atoms with van der Waals surface area (Å²) in [6, 6.07) is 7.17. The maximum atomic E-state index is 12.9. The monoisotopic (exact) mass is 597 g/mol. The molecule has 1 aliphatic carbocycles. The van der Waals surface area contributed by atoms with E-state index in [1.807, 2.05) is 11.0 Å². The Morgan fingerprint density at radius 2 is 1.89 bits per heavy atom. The van der Waals surface area contributed by atoms with Crippen molar-refractivity contribution in [3.63, 3.8) is 0 Å². The molecule has 38 heavy (non-hydrogen) atoms. The molecular weight excluding hydrogens is 565 g/mol. The van der Waals surface area contributed by atoms with Gasteiger partial charge in [-0.3, -0.25) is 9.59 Å². The Labute approximate surface area is 244 Å². The number of hydrogen-bond acceptors (Lipinski definition) is 6. The Hall–Kier alpha value is -1.74. The number of aromatic nitrogens is 2. The number of halogens is 3.